The highest BCUT2D eigenvalue weighted by molar-refractivity contribution is 7.85. The van der Waals surface area contributed by atoms with Crippen molar-refractivity contribution in [1.82, 2.24) is 9.32 Å². The first-order chi connectivity index (χ1) is 6.97. The third-order valence-corrected chi connectivity index (χ3v) is 3.59. The maximum Gasteiger partial charge on any atom is 0.264 e. The second kappa shape index (κ2) is 6.00. The van der Waals surface area contributed by atoms with Gasteiger partial charge in [0.1, 0.15) is 0 Å². The van der Waals surface area contributed by atoms with Gasteiger partial charge in [-0.05, 0) is 31.2 Å². The average Bonchev–Trinajstić information content (AvgIpc) is 2.14. The standard InChI is InChI=1S/C8H17ClN2O3S/c9-11-6-4-10(5-7-11)3-1-2-8-15(12,13)14/h1-8H2,(H,12,13,14). The molecule has 0 aromatic carbocycles. The Kier molecular flexibility index (Phi) is 5.28. The topological polar surface area (TPSA) is 60.9 Å². The smallest absolute Gasteiger partial charge is 0.264 e. The summed E-state index contributed by atoms with van der Waals surface area (Å²) in [6.07, 6.45) is 1.31. The van der Waals surface area contributed by atoms with Crippen LogP contribution in [-0.4, -0.2) is 60.8 Å². The molecule has 5 nitrogen and oxygen atoms in total. The van der Waals surface area contributed by atoms with Crippen LogP contribution >= 0.6 is 11.8 Å². The Balaban J connectivity index is 2.06. The fourth-order valence-electron chi connectivity index (χ4n) is 1.57. The van der Waals surface area contributed by atoms with Crippen LogP contribution in [0.3, 0.4) is 0 Å². The van der Waals surface area contributed by atoms with Crippen LogP contribution in [0.15, 0.2) is 0 Å². The molecule has 0 atom stereocenters. The van der Waals surface area contributed by atoms with E-state index in [0.29, 0.717) is 6.42 Å². The molecule has 0 bridgehead atoms. The molecule has 0 aromatic rings. The molecule has 0 aliphatic carbocycles. The molecule has 1 heterocycles. The van der Waals surface area contributed by atoms with Gasteiger partial charge in [-0.1, -0.05) is 0 Å². The fourth-order valence-corrected chi connectivity index (χ4v) is 2.29. The first-order valence-electron chi connectivity index (χ1n) is 5.05. The van der Waals surface area contributed by atoms with Gasteiger partial charge in [0.25, 0.3) is 10.1 Å². The minimum atomic E-state index is -3.78. The molecule has 0 aromatic heterocycles. The summed E-state index contributed by atoms with van der Waals surface area (Å²) in [7, 11) is -3.78. The predicted molar refractivity (Wildman–Crippen MR) is 59.5 cm³/mol. The van der Waals surface area contributed by atoms with Crippen molar-refractivity contribution < 1.29 is 13.0 Å². The van der Waals surface area contributed by atoms with E-state index in [9.17, 15) is 8.42 Å². The second-order valence-corrected chi connectivity index (χ2v) is 5.79. The molecular formula is C8H17ClN2O3S. The van der Waals surface area contributed by atoms with Crippen molar-refractivity contribution in [2.75, 3.05) is 38.5 Å². The van der Waals surface area contributed by atoms with E-state index in [4.69, 9.17) is 16.3 Å². The Bertz CT molecular complexity index is 276. The Morgan fingerprint density at radius 1 is 1.13 bits per heavy atom. The largest absolute Gasteiger partial charge is 0.301 e. The average molecular weight is 257 g/mol. The normalized spacial score (nSPS) is 20.7. The summed E-state index contributed by atoms with van der Waals surface area (Å²) in [4.78, 5) is 2.25. The summed E-state index contributed by atoms with van der Waals surface area (Å²) in [6.45, 7) is 4.42. The summed E-state index contributed by atoms with van der Waals surface area (Å²) in [5.41, 5.74) is 0. The molecule has 0 saturated carbocycles. The van der Waals surface area contributed by atoms with Crippen molar-refractivity contribution in [2.45, 2.75) is 12.8 Å². The van der Waals surface area contributed by atoms with Crippen molar-refractivity contribution in [2.24, 2.45) is 0 Å². The van der Waals surface area contributed by atoms with E-state index < -0.39 is 10.1 Å². The highest BCUT2D eigenvalue weighted by atomic mass is 35.5. The van der Waals surface area contributed by atoms with E-state index in [1.165, 1.54) is 0 Å². The van der Waals surface area contributed by atoms with E-state index >= 15 is 0 Å². The highest BCUT2D eigenvalue weighted by Crippen LogP contribution is 2.05. The molecule has 7 heteroatoms. The minimum Gasteiger partial charge on any atom is -0.301 e. The Hall–Kier alpha value is 0.120. The van der Waals surface area contributed by atoms with Crippen LogP contribution < -0.4 is 0 Å². The van der Waals surface area contributed by atoms with Crippen molar-refractivity contribution in [3.8, 4) is 0 Å². The molecular weight excluding hydrogens is 240 g/mol. The zero-order valence-electron chi connectivity index (χ0n) is 8.60. The second-order valence-electron chi connectivity index (χ2n) is 3.74. The van der Waals surface area contributed by atoms with Gasteiger partial charge in [-0.2, -0.15) is 8.42 Å². The number of rotatable bonds is 5. The van der Waals surface area contributed by atoms with Gasteiger partial charge in [0.15, 0.2) is 0 Å². The molecule has 0 spiro atoms. The maximum absolute atomic E-state index is 10.4. The van der Waals surface area contributed by atoms with Crippen LogP contribution in [0, 0.1) is 0 Å². The summed E-state index contributed by atoms with van der Waals surface area (Å²) in [5, 5.41) is 0. The molecule has 1 saturated heterocycles. The first kappa shape index (κ1) is 13.2. The molecule has 0 radical (unpaired) electrons. The van der Waals surface area contributed by atoms with Gasteiger partial charge in [0.05, 0.1) is 5.75 Å². The number of hydrogen-bond donors (Lipinski definition) is 1. The molecule has 0 unspecified atom stereocenters. The molecule has 1 aliphatic rings. The number of unbranched alkanes of at least 4 members (excludes halogenated alkanes) is 1. The van der Waals surface area contributed by atoms with E-state index in [1.807, 2.05) is 0 Å². The maximum atomic E-state index is 10.4. The minimum absolute atomic E-state index is 0.136. The van der Waals surface area contributed by atoms with Crippen LogP contribution in [0.4, 0.5) is 0 Å². The fraction of sp³-hybridized carbons (Fsp3) is 1.00. The van der Waals surface area contributed by atoms with Crippen molar-refractivity contribution in [1.29, 1.82) is 0 Å². The third-order valence-electron chi connectivity index (χ3n) is 2.44. The Morgan fingerprint density at radius 3 is 2.27 bits per heavy atom. The van der Waals surface area contributed by atoms with Crippen LogP contribution in [0.2, 0.25) is 0 Å². The van der Waals surface area contributed by atoms with Crippen LogP contribution in [-0.2, 0) is 10.1 Å². The van der Waals surface area contributed by atoms with E-state index in [1.54, 1.807) is 4.42 Å². The Labute approximate surface area is 95.9 Å². The monoisotopic (exact) mass is 256 g/mol. The third kappa shape index (κ3) is 6.32. The van der Waals surface area contributed by atoms with Crippen molar-refractivity contribution in [3.63, 3.8) is 0 Å². The number of halogens is 1. The summed E-state index contributed by atoms with van der Waals surface area (Å²) < 4.78 is 31.2. The molecule has 1 fully saturated rings. The predicted octanol–water partition coefficient (Wildman–Crippen LogP) is 0.426. The van der Waals surface area contributed by atoms with Crippen molar-refractivity contribution >= 4 is 21.9 Å². The van der Waals surface area contributed by atoms with Gasteiger partial charge in [0, 0.05) is 26.2 Å². The summed E-state index contributed by atoms with van der Waals surface area (Å²) >= 11 is 5.80. The highest BCUT2D eigenvalue weighted by Gasteiger charge is 2.14. The van der Waals surface area contributed by atoms with Crippen LogP contribution in [0.5, 0.6) is 0 Å². The molecule has 1 aliphatic heterocycles. The molecule has 90 valence electrons. The number of hydrogen-bond acceptors (Lipinski definition) is 4. The van der Waals surface area contributed by atoms with Gasteiger partial charge in [-0.25, -0.2) is 4.42 Å². The van der Waals surface area contributed by atoms with E-state index in [0.717, 1.165) is 39.1 Å². The molecule has 1 N–H and O–H groups in total. The number of piperazine rings is 1. The van der Waals surface area contributed by atoms with E-state index in [2.05, 4.69) is 4.90 Å². The SMILES string of the molecule is O=S(=O)(O)CCCCN1CCN(Cl)CC1. The quantitative estimate of drug-likeness (QED) is 0.439. The lowest BCUT2D eigenvalue weighted by Gasteiger charge is -2.30. The summed E-state index contributed by atoms with van der Waals surface area (Å²) in [6, 6.07) is 0. The van der Waals surface area contributed by atoms with Gasteiger partial charge in [-0.3, -0.25) is 4.55 Å². The van der Waals surface area contributed by atoms with Crippen molar-refractivity contribution in [3.05, 3.63) is 0 Å². The lowest BCUT2D eigenvalue weighted by atomic mass is 10.3. The van der Waals surface area contributed by atoms with Gasteiger partial charge >= 0.3 is 0 Å². The zero-order valence-corrected chi connectivity index (χ0v) is 10.2. The summed E-state index contributed by atoms with van der Waals surface area (Å²) in [5.74, 6) is -0.136. The lowest BCUT2D eigenvalue weighted by Crippen LogP contribution is -2.42. The zero-order chi connectivity index (χ0) is 11.3. The van der Waals surface area contributed by atoms with E-state index in [-0.39, 0.29) is 5.75 Å². The Morgan fingerprint density at radius 2 is 1.73 bits per heavy atom. The molecule has 0 amide bonds. The van der Waals surface area contributed by atoms with Crippen LogP contribution in [0.25, 0.3) is 0 Å². The first-order valence-corrected chi connectivity index (χ1v) is 7.00. The van der Waals surface area contributed by atoms with Gasteiger partial charge in [0.2, 0.25) is 0 Å². The van der Waals surface area contributed by atoms with Gasteiger partial charge < -0.3 is 4.90 Å². The lowest BCUT2D eigenvalue weighted by molar-refractivity contribution is 0.189. The van der Waals surface area contributed by atoms with Gasteiger partial charge in [-0.15, -0.1) is 0 Å². The number of nitrogens with zero attached hydrogens (tertiary/aromatic N) is 2. The molecule has 1 rings (SSSR count). The van der Waals surface area contributed by atoms with Crippen LogP contribution in [0.1, 0.15) is 12.8 Å². The molecule has 15 heavy (non-hydrogen) atoms.